The van der Waals surface area contributed by atoms with Gasteiger partial charge in [-0.1, -0.05) is 36.4 Å². The number of nitrogens with two attached hydrogens (primary N) is 1. The average molecular weight is 458 g/mol. The first-order valence-electron chi connectivity index (χ1n) is 10.5. The molecule has 2 heterocycles. The highest BCUT2D eigenvalue weighted by Crippen LogP contribution is 2.43. The molecule has 2 aliphatic rings. The number of esters is 2. The van der Waals surface area contributed by atoms with Gasteiger partial charge in [-0.05, 0) is 29.7 Å². The van der Waals surface area contributed by atoms with Crippen LogP contribution in [0, 0.1) is 11.3 Å². The Bertz CT molecular complexity index is 1290. The summed E-state index contributed by atoms with van der Waals surface area (Å²) in [5, 5.41) is 12.9. The number of amides is 1. The van der Waals surface area contributed by atoms with Gasteiger partial charge in [0.1, 0.15) is 11.5 Å². The van der Waals surface area contributed by atoms with Crippen molar-refractivity contribution >= 4 is 23.5 Å². The molecule has 0 spiro atoms. The highest BCUT2D eigenvalue weighted by atomic mass is 16.5. The van der Waals surface area contributed by atoms with Gasteiger partial charge >= 0.3 is 11.9 Å². The Hall–Kier alpha value is -4.58. The summed E-state index contributed by atoms with van der Waals surface area (Å²) in [7, 11) is 2.37. The second kappa shape index (κ2) is 9.11. The van der Waals surface area contributed by atoms with Crippen LogP contribution >= 0.6 is 0 Å². The molecule has 0 fully saturated rings. The fourth-order valence-electron chi connectivity index (χ4n) is 4.32. The Labute approximate surface area is 196 Å². The highest BCUT2D eigenvalue weighted by Gasteiger charge is 2.43. The number of hydrogen-bond donors (Lipinski definition) is 2. The highest BCUT2D eigenvalue weighted by molar-refractivity contribution is 6.07. The number of rotatable bonds is 4. The Morgan fingerprint density at radius 1 is 1.12 bits per heavy atom. The molecule has 0 aromatic heterocycles. The third-order valence-corrected chi connectivity index (χ3v) is 5.89. The third kappa shape index (κ3) is 3.65. The molecule has 0 bridgehead atoms. The van der Waals surface area contributed by atoms with E-state index in [1.807, 2.05) is 0 Å². The largest absolute Gasteiger partial charge is 0.466 e. The average Bonchev–Trinajstić information content (AvgIpc) is 2.87. The van der Waals surface area contributed by atoms with E-state index in [2.05, 4.69) is 11.4 Å². The SMILES string of the molecule is COC(=O)C1=C(C(=O)OC)N(c2ccc3c(c2)C(=O)NCC3)C(N)=C(C#N)C1c1ccccc1. The van der Waals surface area contributed by atoms with Crippen LogP contribution in [0.2, 0.25) is 0 Å². The van der Waals surface area contributed by atoms with Gasteiger partial charge in [0.05, 0.1) is 37.4 Å². The molecule has 1 atom stereocenters. The number of allylic oxidation sites excluding steroid dienone is 1. The van der Waals surface area contributed by atoms with Crippen molar-refractivity contribution in [1.29, 1.82) is 5.26 Å². The fourth-order valence-corrected chi connectivity index (χ4v) is 4.32. The minimum atomic E-state index is -0.954. The number of anilines is 1. The van der Waals surface area contributed by atoms with E-state index in [1.54, 1.807) is 48.5 Å². The Kier molecular flexibility index (Phi) is 6.06. The number of nitriles is 1. The normalized spacial score (nSPS) is 17.5. The van der Waals surface area contributed by atoms with E-state index in [4.69, 9.17) is 15.2 Å². The van der Waals surface area contributed by atoms with Gasteiger partial charge in [0.15, 0.2) is 0 Å². The van der Waals surface area contributed by atoms with Crippen LogP contribution in [0.1, 0.15) is 27.4 Å². The molecule has 0 aliphatic carbocycles. The molecule has 2 aromatic carbocycles. The summed E-state index contributed by atoms with van der Waals surface area (Å²) in [5.74, 6) is -2.92. The van der Waals surface area contributed by atoms with Crippen LogP contribution < -0.4 is 16.0 Å². The lowest BCUT2D eigenvalue weighted by molar-refractivity contribution is -0.139. The van der Waals surface area contributed by atoms with Gasteiger partial charge in [-0.15, -0.1) is 0 Å². The lowest BCUT2D eigenvalue weighted by Crippen LogP contribution is -2.41. The summed E-state index contributed by atoms with van der Waals surface area (Å²) in [6.45, 7) is 0.522. The molecular weight excluding hydrogens is 436 g/mol. The van der Waals surface area contributed by atoms with Gasteiger partial charge in [-0.25, -0.2) is 9.59 Å². The molecule has 1 unspecified atom stereocenters. The first-order valence-corrected chi connectivity index (χ1v) is 10.5. The number of carbonyl (C=O) groups is 3. The zero-order valence-corrected chi connectivity index (χ0v) is 18.6. The molecule has 34 heavy (non-hydrogen) atoms. The van der Waals surface area contributed by atoms with Crippen LogP contribution in [-0.4, -0.2) is 38.6 Å². The van der Waals surface area contributed by atoms with Crippen LogP contribution in [0.15, 0.2) is 71.2 Å². The van der Waals surface area contributed by atoms with E-state index in [1.165, 1.54) is 19.1 Å². The van der Waals surface area contributed by atoms with E-state index in [-0.39, 0.29) is 28.6 Å². The van der Waals surface area contributed by atoms with Crippen LogP contribution in [0.3, 0.4) is 0 Å². The molecule has 1 amide bonds. The van der Waals surface area contributed by atoms with Crippen molar-refractivity contribution in [3.05, 3.63) is 87.9 Å². The fraction of sp³-hybridized carbons (Fsp3) is 0.200. The molecule has 9 heteroatoms. The van der Waals surface area contributed by atoms with Crippen LogP contribution in [0.4, 0.5) is 5.69 Å². The van der Waals surface area contributed by atoms with E-state index in [0.717, 1.165) is 5.56 Å². The number of fused-ring (bicyclic) bond motifs is 1. The van der Waals surface area contributed by atoms with Crippen molar-refractivity contribution in [2.45, 2.75) is 12.3 Å². The molecule has 3 N–H and O–H groups in total. The van der Waals surface area contributed by atoms with Gasteiger partial charge in [-0.2, -0.15) is 5.26 Å². The molecule has 0 saturated heterocycles. The Balaban J connectivity index is 2.03. The van der Waals surface area contributed by atoms with Crippen LogP contribution in [-0.2, 0) is 25.5 Å². The Morgan fingerprint density at radius 2 is 1.82 bits per heavy atom. The predicted molar refractivity (Wildman–Crippen MR) is 122 cm³/mol. The number of nitrogens with one attached hydrogen (secondary N) is 1. The van der Waals surface area contributed by atoms with Crippen LogP contribution in [0.5, 0.6) is 0 Å². The Morgan fingerprint density at radius 3 is 2.47 bits per heavy atom. The summed E-state index contributed by atoms with van der Waals surface area (Å²) in [5.41, 5.74) is 8.43. The number of hydrogen-bond acceptors (Lipinski definition) is 8. The summed E-state index contributed by atoms with van der Waals surface area (Å²) >= 11 is 0. The maximum atomic E-state index is 13.1. The van der Waals surface area contributed by atoms with Gasteiger partial charge in [0.2, 0.25) is 0 Å². The first-order chi connectivity index (χ1) is 16.4. The van der Waals surface area contributed by atoms with Gasteiger partial charge in [0, 0.05) is 17.8 Å². The lowest BCUT2D eigenvalue weighted by atomic mass is 9.81. The monoisotopic (exact) mass is 458 g/mol. The molecule has 2 aliphatic heterocycles. The predicted octanol–water partition coefficient (Wildman–Crippen LogP) is 1.87. The zero-order valence-electron chi connectivity index (χ0n) is 18.6. The topological polar surface area (TPSA) is 135 Å². The smallest absolute Gasteiger partial charge is 0.355 e. The lowest BCUT2D eigenvalue weighted by Gasteiger charge is -2.36. The minimum Gasteiger partial charge on any atom is -0.466 e. The van der Waals surface area contributed by atoms with Crippen molar-refractivity contribution in [3.8, 4) is 6.07 Å². The number of carbonyl (C=O) groups excluding carboxylic acids is 3. The van der Waals surface area contributed by atoms with Gasteiger partial charge in [-0.3, -0.25) is 9.69 Å². The standard InChI is InChI=1S/C25H22N4O5/c1-33-24(31)20-19(15-6-4-3-5-7-15)18(13-26)22(27)29(21(20)25(32)34-2)16-9-8-14-10-11-28-23(30)17(14)12-16/h3-9,12,19H,10-11,27H2,1-2H3,(H,28,30). The van der Waals surface area contributed by atoms with Crippen molar-refractivity contribution in [2.24, 2.45) is 5.73 Å². The molecule has 172 valence electrons. The summed E-state index contributed by atoms with van der Waals surface area (Å²) < 4.78 is 10.0. The third-order valence-electron chi connectivity index (χ3n) is 5.89. The molecule has 2 aromatic rings. The summed E-state index contributed by atoms with van der Waals surface area (Å²) in [6, 6.07) is 15.9. The number of ether oxygens (including phenoxy) is 2. The number of methoxy groups -OCH3 is 2. The van der Waals surface area contributed by atoms with Crippen molar-refractivity contribution in [3.63, 3.8) is 0 Å². The molecule has 0 radical (unpaired) electrons. The zero-order chi connectivity index (χ0) is 24.4. The van der Waals surface area contributed by atoms with Crippen molar-refractivity contribution in [2.75, 3.05) is 25.7 Å². The second-order valence-electron chi connectivity index (χ2n) is 7.68. The minimum absolute atomic E-state index is 0.0550. The number of benzene rings is 2. The first kappa shape index (κ1) is 22.6. The maximum absolute atomic E-state index is 13.1. The summed E-state index contributed by atoms with van der Waals surface area (Å²) in [6.07, 6.45) is 0.652. The van der Waals surface area contributed by atoms with E-state index < -0.39 is 17.9 Å². The quantitative estimate of drug-likeness (QED) is 0.663. The summed E-state index contributed by atoms with van der Waals surface area (Å²) in [4.78, 5) is 39.9. The van der Waals surface area contributed by atoms with Gasteiger partial charge < -0.3 is 20.5 Å². The van der Waals surface area contributed by atoms with Crippen LogP contribution in [0.25, 0.3) is 0 Å². The second-order valence-corrected chi connectivity index (χ2v) is 7.68. The van der Waals surface area contributed by atoms with Crippen molar-refractivity contribution in [1.82, 2.24) is 5.32 Å². The van der Waals surface area contributed by atoms with E-state index in [0.29, 0.717) is 29.8 Å². The molecule has 9 nitrogen and oxygen atoms in total. The molecular formula is C25H22N4O5. The van der Waals surface area contributed by atoms with E-state index >= 15 is 0 Å². The number of nitrogens with zero attached hydrogens (tertiary/aromatic N) is 2. The van der Waals surface area contributed by atoms with Gasteiger partial charge in [0.25, 0.3) is 5.91 Å². The molecule has 0 saturated carbocycles. The molecule has 4 rings (SSSR count). The van der Waals surface area contributed by atoms with E-state index in [9.17, 15) is 19.6 Å². The van der Waals surface area contributed by atoms with Crippen molar-refractivity contribution < 1.29 is 23.9 Å². The maximum Gasteiger partial charge on any atom is 0.355 e.